The molecular formula is C14H21BrN2. The minimum atomic E-state index is 0.694. The van der Waals surface area contributed by atoms with E-state index in [1.54, 1.807) is 0 Å². The van der Waals surface area contributed by atoms with Crippen LogP contribution in [0.3, 0.4) is 0 Å². The van der Waals surface area contributed by atoms with E-state index in [2.05, 4.69) is 64.9 Å². The second-order valence-electron chi connectivity index (χ2n) is 5.12. The number of halogens is 1. The summed E-state index contributed by atoms with van der Waals surface area (Å²) in [6.07, 6.45) is 1.27. The van der Waals surface area contributed by atoms with Crippen LogP contribution >= 0.6 is 15.9 Å². The van der Waals surface area contributed by atoms with Crippen molar-refractivity contribution in [2.24, 2.45) is 0 Å². The molecule has 1 unspecified atom stereocenters. The molecule has 0 saturated carbocycles. The van der Waals surface area contributed by atoms with Crippen LogP contribution in [0.15, 0.2) is 18.2 Å². The van der Waals surface area contributed by atoms with Gasteiger partial charge in [0.15, 0.2) is 0 Å². The number of benzene rings is 1. The van der Waals surface area contributed by atoms with Gasteiger partial charge < -0.3 is 9.80 Å². The summed E-state index contributed by atoms with van der Waals surface area (Å²) >= 11 is 3.60. The van der Waals surface area contributed by atoms with Crippen molar-refractivity contribution < 1.29 is 0 Å². The highest BCUT2D eigenvalue weighted by atomic mass is 79.9. The van der Waals surface area contributed by atoms with E-state index in [9.17, 15) is 0 Å². The summed E-state index contributed by atoms with van der Waals surface area (Å²) in [5, 5.41) is 0.938. The highest BCUT2D eigenvalue weighted by Gasteiger charge is 2.25. The maximum absolute atomic E-state index is 3.60. The minimum absolute atomic E-state index is 0.694. The fourth-order valence-electron chi connectivity index (χ4n) is 2.51. The van der Waals surface area contributed by atoms with E-state index in [1.807, 2.05) is 0 Å². The van der Waals surface area contributed by atoms with Gasteiger partial charge in [-0.2, -0.15) is 0 Å². The van der Waals surface area contributed by atoms with Crippen molar-refractivity contribution in [3.63, 3.8) is 0 Å². The molecule has 1 heterocycles. The van der Waals surface area contributed by atoms with Crippen LogP contribution in [0.25, 0.3) is 0 Å². The molecule has 2 rings (SSSR count). The van der Waals surface area contributed by atoms with Crippen LogP contribution in [0, 0.1) is 6.92 Å². The molecule has 0 spiro atoms. The molecule has 17 heavy (non-hydrogen) atoms. The zero-order valence-corrected chi connectivity index (χ0v) is 12.5. The van der Waals surface area contributed by atoms with Gasteiger partial charge >= 0.3 is 0 Å². The van der Waals surface area contributed by atoms with Crippen molar-refractivity contribution in [1.82, 2.24) is 4.90 Å². The summed E-state index contributed by atoms with van der Waals surface area (Å²) in [7, 11) is 4.35. The molecule has 94 valence electrons. The second-order valence-corrected chi connectivity index (χ2v) is 5.68. The number of nitrogens with zero attached hydrogens (tertiary/aromatic N) is 2. The summed E-state index contributed by atoms with van der Waals surface area (Å²) in [5.74, 6) is 0. The van der Waals surface area contributed by atoms with Crippen molar-refractivity contribution in [3.05, 3.63) is 29.3 Å². The number of hydrogen-bond acceptors (Lipinski definition) is 2. The monoisotopic (exact) mass is 296 g/mol. The van der Waals surface area contributed by atoms with Crippen LogP contribution in [-0.4, -0.2) is 38.1 Å². The lowest BCUT2D eigenvalue weighted by atomic mass is 10.1. The van der Waals surface area contributed by atoms with Gasteiger partial charge in [-0.1, -0.05) is 33.6 Å². The molecule has 1 fully saturated rings. The van der Waals surface area contributed by atoms with Crippen LogP contribution in [0.5, 0.6) is 0 Å². The number of alkyl halides is 1. The Kier molecular flexibility index (Phi) is 4.10. The Hall–Kier alpha value is -0.540. The molecule has 3 heteroatoms. The third kappa shape index (κ3) is 2.83. The number of anilines is 1. The predicted molar refractivity (Wildman–Crippen MR) is 78.1 cm³/mol. The molecule has 1 aliphatic heterocycles. The Labute approximate surface area is 113 Å². The molecule has 0 amide bonds. The predicted octanol–water partition coefficient (Wildman–Crippen LogP) is 3.03. The van der Waals surface area contributed by atoms with Gasteiger partial charge in [-0.05, 0) is 39.1 Å². The fraction of sp³-hybridized carbons (Fsp3) is 0.571. The van der Waals surface area contributed by atoms with Crippen LogP contribution in [0.4, 0.5) is 5.69 Å². The standard InChI is InChI=1S/C14H21BrN2/c1-11-4-5-14(12(8-11)9-15)17-7-6-13(10-17)16(2)3/h4-5,8,13H,6-7,9-10H2,1-3H3. The lowest BCUT2D eigenvalue weighted by Gasteiger charge is -2.24. The lowest BCUT2D eigenvalue weighted by Crippen LogP contribution is -2.31. The molecule has 0 aliphatic carbocycles. The van der Waals surface area contributed by atoms with Crippen molar-refractivity contribution in [3.8, 4) is 0 Å². The first-order chi connectivity index (χ1) is 8.11. The molecule has 1 saturated heterocycles. The Morgan fingerprint density at radius 3 is 2.76 bits per heavy atom. The van der Waals surface area contributed by atoms with Gasteiger partial charge in [0, 0.05) is 30.1 Å². The minimum Gasteiger partial charge on any atom is -0.370 e. The summed E-state index contributed by atoms with van der Waals surface area (Å²) in [5.41, 5.74) is 4.15. The van der Waals surface area contributed by atoms with Crippen LogP contribution in [0.1, 0.15) is 17.5 Å². The molecule has 1 aliphatic rings. The van der Waals surface area contributed by atoms with E-state index in [1.165, 1.54) is 29.8 Å². The highest BCUT2D eigenvalue weighted by molar-refractivity contribution is 9.08. The molecule has 0 N–H and O–H groups in total. The Bertz CT molecular complexity index is 390. The van der Waals surface area contributed by atoms with Crippen LogP contribution < -0.4 is 4.90 Å². The van der Waals surface area contributed by atoms with E-state index in [4.69, 9.17) is 0 Å². The van der Waals surface area contributed by atoms with Gasteiger partial charge in [-0.25, -0.2) is 0 Å². The second kappa shape index (κ2) is 5.40. The SMILES string of the molecule is Cc1ccc(N2CCC(N(C)C)C2)c(CBr)c1. The molecule has 1 atom stereocenters. The summed E-state index contributed by atoms with van der Waals surface area (Å²) in [4.78, 5) is 4.85. The third-order valence-electron chi connectivity index (χ3n) is 3.61. The Morgan fingerprint density at radius 1 is 1.41 bits per heavy atom. The first-order valence-electron chi connectivity index (χ1n) is 6.18. The lowest BCUT2D eigenvalue weighted by molar-refractivity contribution is 0.315. The topological polar surface area (TPSA) is 6.48 Å². The van der Waals surface area contributed by atoms with E-state index >= 15 is 0 Å². The summed E-state index contributed by atoms with van der Waals surface area (Å²) in [6, 6.07) is 7.46. The smallest absolute Gasteiger partial charge is 0.0408 e. The number of likely N-dealkylation sites (N-methyl/N-ethyl adjacent to an activating group) is 1. The van der Waals surface area contributed by atoms with E-state index in [0.717, 1.165) is 11.9 Å². The van der Waals surface area contributed by atoms with E-state index in [0.29, 0.717) is 6.04 Å². The fourth-order valence-corrected chi connectivity index (χ4v) is 2.96. The Balaban J connectivity index is 2.18. The zero-order chi connectivity index (χ0) is 12.4. The number of hydrogen-bond donors (Lipinski definition) is 0. The summed E-state index contributed by atoms with van der Waals surface area (Å²) < 4.78 is 0. The number of rotatable bonds is 3. The van der Waals surface area contributed by atoms with Crippen molar-refractivity contribution in [2.75, 3.05) is 32.1 Å². The van der Waals surface area contributed by atoms with Gasteiger partial charge in [0.25, 0.3) is 0 Å². The summed E-state index contributed by atoms with van der Waals surface area (Å²) in [6.45, 7) is 4.48. The quantitative estimate of drug-likeness (QED) is 0.791. The highest BCUT2D eigenvalue weighted by Crippen LogP contribution is 2.28. The molecule has 1 aromatic carbocycles. The maximum Gasteiger partial charge on any atom is 0.0408 e. The third-order valence-corrected chi connectivity index (χ3v) is 4.22. The van der Waals surface area contributed by atoms with Gasteiger partial charge in [-0.15, -0.1) is 0 Å². The van der Waals surface area contributed by atoms with Gasteiger partial charge in [0.1, 0.15) is 0 Å². The van der Waals surface area contributed by atoms with Gasteiger partial charge in [-0.3, -0.25) is 0 Å². The average Bonchev–Trinajstić information content (AvgIpc) is 2.78. The molecule has 0 radical (unpaired) electrons. The first kappa shape index (κ1) is 12.9. The van der Waals surface area contributed by atoms with Crippen LogP contribution in [-0.2, 0) is 5.33 Å². The zero-order valence-electron chi connectivity index (χ0n) is 10.9. The molecule has 0 bridgehead atoms. The average molecular weight is 297 g/mol. The molecule has 2 nitrogen and oxygen atoms in total. The maximum atomic E-state index is 3.60. The van der Waals surface area contributed by atoms with E-state index < -0.39 is 0 Å². The van der Waals surface area contributed by atoms with Gasteiger partial charge in [0.2, 0.25) is 0 Å². The Morgan fingerprint density at radius 2 is 2.18 bits per heavy atom. The van der Waals surface area contributed by atoms with Gasteiger partial charge in [0.05, 0.1) is 0 Å². The largest absolute Gasteiger partial charge is 0.370 e. The van der Waals surface area contributed by atoms with Crippen molar-refractivity contribution >= 4 is 21.6 Å². The molecular weight excluding hydrogens is 276 g/mol. The van der Waals surface area contributed by atoms with E-state index in [-0.39, 0.29) is 0 Å². The first-order valence-corrected chi connectivity index (χ1v) is 7.31. The number of aryl methyl sites for hydroxylation is 1. The molecule has 1 aromatic rings. The van der Waals surface area contributed by atoms with Crippen molar-refractivity contribution in [1.29, 1.82) is 0 Å². The van der Waals surface area contributed by atoms with Crippen molar-refractivity contribution in [2.45, 2.75) is 24.7 Å². The normalized spacial score (nSPS) is 20.3. The van der Waals surface area contributed by atoms with Crippen LogP contribution in [0.2, 0.25) is 0 Å². The molecule has 0 aromatic heterocycles.